The summed E-state index contributed by atoms with van der Waals surface area (Å²) in [5, 5.41) is 8.52. The summed E-state index contributed by atoms with van der Waals surface area (Å²) in [6.07, 6.45) is 0.404. The van der Waals surface area contributed by atoms with Crippen LogP contribution in [0.5, 0.6) is 0 Å². The molecule has 1 aromatic carbocycles. The first-order chi connectivity index (χ1) is 7.27. The maximum Gasteiger partial charge on any atom is 0.129 e. The Bertz CT molecular complexity index is 377. The standard InChI is InChI=1S/C12H13FO2/c1-15-9-11-6-5-10(8-12(11)13)4-2-3-7-14/h5-6,8,14H,3,7,9H2,1H3. The first kappa shape index (κ1) is 11.7. The average molecular weight is 208 g/mol. The van der Waals surface area contributed by atoms with Crippen molar-refractivity contribution in [3.8, 4) is 11.8 Å². The molecule has 0 heterocycles. The molecule has 80 valence electrons. The second-order valence-electron chi connectivity index (χ2n) is 3.01. The summed E-state index contributed by atoms with van der Waals surface area (Å²) in [5.41, 5.74) is 1.13. The molecule has 2 nitrogen and oxygen atoms in total. The molecule has 0 saturated heterocycles. The fourth-order valence-corrected chi connectivity index (χ4v) is 1.12. The molecule has 0 unspecified atom stereocenters. The highest BCUT2D eigenvalue weighted by atomic mass is 19.1. The van der Waals surface area contributed by atoms with Crippen LogP contribution in [0.3, 0.4) is 0 Å². The number of benzene rings is 1. The van der Waals surface area contributed by atoms with Crippen molar-refractivity contribution in [2.75, 3.05) is 13.7 Å². The van der Waals surface area contributed by atoms with E-state index in [-0.39, 0.29) is 19.0 Å². The zero-order valence-electron chi connectivity index (χ0n) is 8.59. The van der Waals surface area contributed by atoms with Gasteiger partial charge in [-0.05, 0) is 12.1 Å². The molecular formula is C12H13FO2. The smallest absolute Gasteiger partial charge is 0.129 e. The maximum absolute atomic E-state index is 13.3. The van der Waals surface area contributed by atoms with E-state index in [9.17, 15) is 4.39 Å². The molecule has 1 rings (SSSR count). The highest BCUT2D eigenvalue weighted by molar-refractivity contribution is 5.36. The minimum absolute atomic E-state index is 0.0250. The highest BCUT2D eigenvalue weighted by Gasteiger charge is 2.01. The van der Waals surface area contributed by atoms with E-state index in [1.807, 2.05) is 0 Å². The number of aliphatic hydroxyl groups is 1. The average Bonchev–Trinajstić information content (AvgIpc) is 2.23. The van der Waals surface area contributed by atoms with Gasteiger partial charge in [0.05, 0.1) is 13.2 Å². The molecule has 0 aliphatic carbocycles. The Morgan fingerprint density at radius 3 is 2.87 bits per heavy atom. The Hall–Kier alpha value is -1.37. The molecule has 0 atom stereocenters. The van der Waals surface area contributed by atoms with Crippen molar-refractivity contribution < 1.29 is 14.2 Å². The van der Waals surface area contributed by atoms with Crippen molar-refractivity contribution >= 4 is 0 Å². The summed E-state index contributed by atoms with van der Waals surface area (Å²) < 4.78 is 18.2. The summed E-state index contributed by atoms with van der Waals surface area (Å²) in [6.45, 7) is 0.285. The topological polar surface area (TPSA) is 29.5 Å². The van der Waals surface area contributed by atoms with Crippen LogP contribution < -0.4 is 0 Å². The van der Waals surface area contributed by atoms with Crippen LogP contribution in [-0.2, 0) is 11.3 Å². The molecule has 15 heavy (non-hydrogen) atoms. The molecule has 1 N–H and O–H groups in total. The van der Waals surface area contributed by atoms with E-state index in [1.54, 1.807) is 12.1 Å². The van der Waals surface area contributed by atoms with Crippen molar-refractivity contribution in [1.82, 2.24) is 0 Å². The number of halogens is 1. The molecule has 0 aliphatic rings. The van der Waals surface area contributed by atoms with Crippen molar-refractivity contribution in [3.05, 3.63) is 35.1 Å². The van der Waals surface area contributed by atoms with Crippen molar-refractivity contribution in [1.29, 1.82) is 0 Å². The van der Waals surface area contributed by atoms with Gasteiger partial charge >= 0.3 is 0 Å². The zero-order chi connectivity index (χ0) is 11.1. The summed E-state index contributed by atoms with van der Waals surface area (Å²) in [4.78, 5) is 0. The molecular weight excluding hydrogens is 195 g/mol. The number of methoxy groups -OCH3 is 1. The van der Waals surface area contributed by atoms with Crippen LogP contribution in [0, 0.1) is 17.7 Å². The predicted molar refractivity (Wildman–Crippen MR) is 55.7 cm³/mol. The monoisotopic (exact) mass is 208 g/mol. The Balaban J connectivity index is 2.78. The van der Waals surface area contributed by atoms with Gasteiger partial charge in [0, 0.05) is 24.7 Å². The van der Waals surface area contributed by atoms with Crippen LogP contribution in [-0.4, -0.2) is 18.8 Å². The molecule has 1 aromatic rings. The van der Waals surface area contributed by atoms with E-state index in [1.165, 1.54) is 13.2 Å². The van der Waals surface area contributed by atoms with Gasteiger partial charge in [0.2, 0.25) is 0 Å². The summed E-state index contributed by atoms with van der Waals surface area (Å²) in [5.74, 6) is 5.18. The van der Waals surface area contributed by atoms with Gasteiger partial charge in [0.1, 0.15) is 5.82 Å². The molecule has 0 radical (unpaired) electrons. The molecule has 0 bridgehead atoms. The Kier molecular flexibility index (Phi) is 4.82. The van der Waals surface area contributed by atoms with Gasteiger partial charge in [-0.3, -0.25) is 0 Å². The fraction of sp³-hybridized carbons (Fsp3) is 0.333. The Morgan fingerprint density at radius 2 is 2.27 bits per heavy atom. The molecule has 0 aromatic heterocycles. The first-order valence-corrected chi connectivity index (χ1v) is 4.65. The van der Waals surface area contributed by atoms with E-state index in [0.29, 0.717) is 17.5 Å². The van der Waals surface area contributed by atoms with Crippen LogP contribution in [0.15, 0.2) is 18.2 Å². The zero-order valence-corrected chi connectivity index (χ0v) is 8.59. The van der Waals surface area contributed by atoms with E-state index in [0.717, 1.165) is 0 Å². The molecule has 3 heteroatoms. The van der Waals surface area contributed by atoms with Gasteiger partial charge in [-0.25, -0.2) is 4.39 Å². The van der Waals surface area contributed by atoms with E-state index in [4.69, 9.17) is 9.84 Å². The second-order valence-corrected chi connectivity index (χ2v) is 3.01. The van der Waals surface area contributed by atoms with Gasteiger partial charge in [-0.1, -0.05) is 17.9 Å². The van der Waals surface area contributed by atoms with Gasteiger partial charge in [0.25, 0.3) is 0 Å². The molecule has 0 fully saturated rings. The van der Waals surface area contributed by atoms with E-state index in [2.05, 4.69) is 11.8 Å². The minimum Gasteiger partial charge on any atom is -0.395 e. The van der Waals surface area contributed by atoms with Crippen LogP contribution in [0.1, 0.15) is 17.5 Å². The molecule has 0 saturated carbocycles. The number of ether oxygens (including phenoxy) is 1. The second kappa shape index (κ2) is 6.18. The molecule has 0 spiro atoms. The van der Waals surface area contributed by atoms with Crippen molar-refractivity contribution in [2.24, 2.45) is 0 Å². The lowest BCUT2D eigenvalue weighted by Gasteiger charge is -2.01. The predicted octanol–water partition coefficient (Wildman–Crippen LogP) is 1.71. The number of hydrogen-bond acceptors (Lipinski definition) is 2. The Labute approximate surface area is 88.7 Å². The van der Waals surface area contributed by atoms with Gasteiger partial charge < -0.3 is 9.84 Å². The minimum atomic E-state index is -0.312. The van der Waals surface area contributed by atoms with Gasteiger partial charge in [-0.2, -0.15) is 0 Å². The fourth-order valence-electron chi connectivity index (χ4n) is 1.12. The number of aliphatic hydroxyl groups excluding tert-OH is 1. The van der Waals surface area contributed by atoms with Crippen LogP contribution in [0.4, 0.5) is 4.39 Å². The summed E-state index contributed by atoms with van der Waals surface area (Å²) >= 11 is 0. The number of hydrogen-bond donors (Lipinski definition) is 1. The van der Waals surface area contributed by atoms with Crippen LogP contribution in [0.25, 0.3) is 0 Å². The third kappa shape index (κ3) is 3.70. The van der Waals surface area contributed by atoms with Crippen LogP contribution in [0.2, 0.25) is 0 Å². The lowest BCUT2D eigenvalue weighted by Crippen LogP contribution is -1.93. The largest absolute Gasteiger partial charge is 0.395 e. The summed E-state index contributed by atoms with van der Waals surface area (Å²) in [6, 6.07) is 4.77. The number of rotatable bonds is 3. The third-order valence-corrected chi connectivity index (χ3v) is 1.82. The van der Waals surface area contributed by atoms with E-state index < -0.39 is 0 Å². The normalized spacial score (nSPS) is 9.53. The SMILES string of the molecule is COCc1ccc(C#CCCO)cc1F. The molecule has 0 amide bonds. The van der Waals surface area contributed by atoms with E-state index >= 15 is 0 Å². The van der Waals surface area contributed by atoms with Gasteiger partial charge in [-0.15, -0.1) is 0 Å². The third-order valence-electron chi connectivity index (χ3n) is 1.82. The quantitative estimate of drug-likeness (QED) is 0.766. The lowest BCUT2D eigenvalue weighted by atomic mass is 10.1. The maximum atomic E-state index is 13.3. The highest BCUT2D eigenvalue weighted by Crippen LogP contribution is 2.10. The lowest BCUT2D eigenvalue weighted by molar-refractivity contribution is 0.181. The molecule has 0 aliphatic heterocycles. The Morgan fingerprint density at radius 1 is 1.47 bits per heavy atom. The van der Waals surface area contributed by atoms with Gasteiger partial charge in [0.15, 0.2) is 0 Å². The van der Waals surface area contributed by atoms with Crippen LogP contribution >= 0.6 is 0 Å². The van der Waals surface area contributed by atoms with Crippen molar-refractivity contribution in [2.45, 2.75) is 13.0 Å². The summed E-state index contributed by atoms with van der Waals surface area (Å²) in [7, 11) is 1.52. The first-order valence-electron chi connectivity index (χ1n) is 4.65. The van der Waals surface area contributed by atoms with Crippen molar-refractivity contribution in [3.63, 3.8) is 0 Å².